The predicted molar refractivity (Wildman–Crippen MR) is 96.3 cm³/mol. The van der Waals surface area contributed by atoms with E-state index in [0.29, 0.717) is 29.8 Å². The first kappa shape index (κ1) is 16.5. The first-order valence-electron chi connectivity index (χ1n) is 8.82. The van der Waals surface area contributed by atoms with E-state index in [1.165, 1.54) is 21.6 Å². The summed E-state index contributed by atoms with van der Waals surface area (Å²) in [4.78, 5) is 25.3. The van der Waals surface area contributed by atoms with E-state index in [4.69, 9.17) is 11.6 Å². The van der Waals surface area contributed by atoms with Crippen LogP contribution in [0.4, 0.5) is 0 Å². The largest absolute Gasteiger partial charge is 0.494 e. The van der Waals surface area contributed by atoms with Crippen molar-refractivity contribution in [3.8, 4) is 5.88 Å². The molecule has 1 heterocycles. The van der Waals surface area contributed by atoms with Crippen LogP contribution < -0.4 is 11.2 Å². The zero-order valence-corrected chi connectivity index (χ0v) is 14.7. The molecule has 2 aliphatic rings. The molecule has 0 aliphatic heterocycles. The Labute approximate surface area is 150 Å². The molecule has 0 spiro atoms. The molecule has 25 heavy (non-hydrogen) atoms. The van der Waals surface area contributed by atoms with Crippen molar-refractivity contribution in [2.24, 2.45) is 11.8 Å². The number of aryl methyl sites for hydroxylation is 1. The molecule has 0 radical (unpaired) electrons. The van der Waals surface area contributed by atoms with E-state index in [2.05, 4.69) is 0 Å². The molecule has 0 amide bonds. The summed E-state index contributed by atoms with van der Waals surface area (Å²) in [6, 6.07) is 8.58. The molecule has 2 bridgehead atoms. The van der Waals surface area contributed by atoms with E-state index in [-0.39, 0.29) is 17.5 Å². The summed E-state index contributed by atoms with van der Waals surface area (Å²) in [5, 5.41) is 10.8. The molecule has 3 atom stereocenters. The third-order valence-corrected chi connectivity index (χ3v) is 5.98. The van der Waals surface area contributed by atoms with Crippen LogP contribution in [0.1, 0.15) is 37.3 Å². The lowest BCUT2D eigenvalue weighted by Gasteiger charge is -2.24. The molecule has 2 aromatic rings. The van der Waals surface area contributed by atoms with E-state index in [0.717, 1.165) is 24.8 Å². The Morgan fingerprint density at radius 1 is 1.16 bits per heavy atom. The summed E-state index contributed by atoms with van der Waals surface area (Å²) in [6.45, 7) is 0.312. The summed E-state index contributed by atoms with van der Waals surface area (Å²) in [7, 11) is 0. The van der Waals surface area contributed by atoms with Gasteiger partial charge in [-0.1, -0.05) is 30.2 Å². The second-order valence-corrected chi connectivity index (χ2v) is 7.70. The SMILES string of the molecule is O=c1cc(O)n(CCc2cccc(Cl)c2)c(=O)n1C1CC2CCC1C2. The lowest BCUT2D eigenvalue weighted by molar-refractivity contribution is 0.297. The van der Waals surface area contributed by atoms with E-state index < -0.39 is 5.69 Å². The first-order valence-corrected chi connectivity index (χ1v) is 9.20. The van der Waals surface area contributed by atoms with Crippen LogP contribution >= 0.6 is 11.6 Å². The number of hydrogen-bond acceptors (Lipinski definition) is 3. The van der Waals surface area contributed by atoms with Gasteiger partial charge in [0.2, 0.25) is 5.88 Å². The fourth-order valence-electron chi connectivity index (χ4n) is 4.56. The van der Waals surface area contributed by atoms with Gasteiger partial charge in [-0.05, 0) is 55.2 Å². The van der Waals surface area contributed by atoms with Gasteiger partial charge in [0.1, 0.15) is 0 Å². The molecule has 2 fully saturated rings. The number of benzene rings is 1. The number of rotatable bonds is 4. The summed E-state index contributed by atoms with van der Waals surface area (Å²) >= 11 is 5.99. The van der Waals surface area contributed by atoms with Crippen LogP contribution in [0.5, 0.6) is 5.88 Å². The van der Waals surface area contributed by atoms with Crippen molar-refractivity contribution < 1.29 is 5.11 Å². The van der Waals surface area contributed by atoms with Crippen LogP contribution in [0, 0.1) is 11.8 Å². The molecule has 1 aromatic carbocycles. The monoisotopic (exact) mass is 360 g/mol. The number of hydrogen-bond donors (Lipinski definition) is 1. The van der Waals surface area contributed by atoms with Crippen molar-refractivity contribution in [2.45, 2.75) is 44.7 Å². The van der Waals surface area contributed by atoms with Crippen molar-refractivity contribution >= 4 is 11.6 Å². The lowest BCUT2D eigenvalue weighted by atomic mass is 9.95. The third-order valence-electron chi connectivity index (χ3n) is 5.75. The zero-order chi connectivity index (χ0) is 17.6. The van der Waals surface area contributed by atoms with Gasteiger partial charge in [0.15, 0.2) is 0 Å². The first-order chi connectivity index (χ1) is 12.0. The Morgan fingerprint density at radius 3 is 2.68 bits per heavy atom. The summed E-state index contributed by atoms with van der Waals surface area (Å²) < 4.78 is 2.68. The quantitative estimate of drug-likeness (QED) is 0.911. The maximum atomic E-state index is 12.9. The highest BCUT2D eigenvalue weighted by atomic mass is 35.5. The Morgan fingerprint density at radius 2 is 2.00 bits per heavy atom. The van der Waals surface area contributed by atoms with Gasteiger partial charge in [-0.15, -0.1) is 0 Å². The van der Waals surface area contributed by atoms with Crippen molar-refractivity contribution in [1.82, 2.24) is 9.13 Å². The Balaban J connectivity index is 1.65. The molecule has 6 heteroatoms. The summed E-state index contributed by atoms with van der Waals surface area (Å²) in [5.74, 6) is 0.785. The van der Waals surface area contributed by atoms with Gasteiger partial charge in [-0.2, -0.15) is 0 Å². The fraction of sp³-hybridized carbons (Fsp3) is 0.474. The zero-order valence-electron chi connectivity index (χ0n) is 13.9. The van der Waals surface area contributed by atoms with Gasteiger partial charge in [0, 0.05) is 17.6 Å². The molecule has 4 rings (SSSR count). The van der Waals surface area contributed by atoms with Crippen LogP contribution in [0.3, 0.4) is 0 Å². The molecule has 5 nitrogen and oxygen atoms in total. The normalized spacial score (nSPS) is 24.8. The molecule has 132 valence electrons. The average molecular weight is 361 g/mol. The molecular formula is C19H21ClN2O3. The van der Waals surface area contributed by atoms with Gasteiger partial charge in [0.05, 0.1) is 6.07 Å². The van der Waals surface area contributed by atoms with Crippen LogP contribution in [0.15, 0.2) is 39.9 Å². The minimum absolute atomic E-state index is 0.0169. The van der Waals surface area contributed by atoms with E-state index in [9.17, 15) is 14.7 Å². The molecule has 2 aliphatic carbocycles. The van der Waals surface area contributed by atoms with Crippen LogP contribution in [0.25, 0.3) is 0 Å². The predicted octanol–water partition coefficient (Wildman–Crippen LogP) is 2.97. The summed E-state index contributed by atoms with van der Waals surface area (Å²) in [6.07, 6.45) is 4.86. The smallest absolute Gasteiger partial charge is 0.334 e. The lowest BCUT2D eigenvalue weighted by Crippen LogP contribution is -2.43. The number of halogens is 1. The molecule has 1 N–H and O–H groups in total. The number of nitrogens with zero attached hydrogens (tertiary/aromatic N) is 2. The molecule has 3 unspecified atom stereocenters. The topological polar surface area (TPSA) is 64.2 Å². The van der Waals surface area contributed by atoms with Gasteiger partial charge >= 0.3 is 5.69 Å². The van der Waals surface area contributed by atoms with Crippen molar-refractivity contribution in [3.63, 3.8) is 0 Å². The molecule has 0 saturated heterocycles. The number of fused-ring (bicyclic) bond motifs is 2. The highest BCUT2D eigenvalue weighted by Gasteiger charge is 2.41. The second kappa shape index (κ2) is 6.37. The third kappa shape index (κ3) is 3.01. The van der Waals surface area contributed by atoms with Gasteiger partial charge < -0.3 is 5.11 Å². The Kier molecular flexibility index (Phi) is 4.20. The summed E-state index contributed by atoms with van der Waals surface area (Å²) in [5.41, 5.74) is 0.195. The number of aromatic hydroxyl groups is 1. The minimum atomic E-state index is -0.399. The highest BCUT2D eigenvalue weighted by molar-refractivity contribution is 6.30. The van der Waals surface area contributed by atoms with E-state index in [1.54, 1.807) is 6.07 Å². The maximum Gasteiger partial charge on any atom is 0.334 e. The van der Waals surface area contributed by atoms with Crippen molar-refractivity contribution in [2.75, 3.05) is 0 Å². The number of aromatic nitrogens is 2. The standard InChI is InChI=1S/C19H21ClN2O3/c20-15-3-1-2-12(9-15)6-7-21-17(23)11-18(24)22(19(21)25)16-10-13-4-5-14(16)8-13/h1-3,9,11,13-14,16,23H,4-8,10H2. The minimum Gasteiger partial charge on any atom is -0.494 e. The fourth-order valence-corrected chi connectivity index (χ4v) is 4.77. The maximum absolute atomic E-state index is 12.9. The van der Waals surface area contributed by atoms with Gasteiger partial charge in [0.25, 0.3) is 5.56 Å². The van der Waals surface area contributed by atoms with Crippen LogP contribution in [0.2, 0.25) is 5.02 Å². The van der Waals surface area contributed by atoms with Crippen LogP contribution in [-0.4, -0.2) is 14.2 Å². The Hall–Kier alpha value is -2.01. The molecule has 2 saturated carbocycles. The van der Waals surface area contributed by atoms with Gasteiger partial charge in [-0.25, -0.2) is 4.79 Å². The van der Waals surface area contributed by atoms with Crippen LogP contribution in [-0.2, 0) is 13.0 Å². The Bertz CT molecular complexity index is 918. The highest BCUT2D eigenvalue weighted by Crippen LogP contribution is 2.49. The van der Waals surface area contributed by atoms with Gasteiger partial charge in [-0.3, -0.25) is 13.9 Å². The van der Waals surface area contributed by atoms with Crippen molar-refractivity contribution in [1.29, 1.82) is 0 Å². The molecular weight excluding hydrogens is 340 g/mol. The molecule has 1 aromatic heterocycles. The second-order valence-electron chi connectivity index (χ2n) is 7.27. The van der Waals surface area contributed by atoms with E-state index >= 15 is 0 Å². The van der Waals surface area contributed by atoms with E-state index in [1.807, 2.05) is 18.2 Å². The van der Waals surface area contributed by atoms with Crippen molar-refractivity contribution in [3.05, 3.63) is 61.8 Å². The average Bonchev–Trinajstić information content (AvgIpc) is 3.17.